The molecular weight excluding hydrogens is 316 g/mol. The molecule has 6 nitrogen and oxygen atoms in total. The van der Waals surface area contributed by atoms with Crippen molar-refractivity contribution in [2.24, 2.45) is 11.8 Å². The van der Waals surface area contributed by atoms with Crippen molar-refractivity contribution < 1.29 is 9.53 Å². The Morgan fingerprint density at radius 2 is 2.16 bits per heavy atom. The summed E-state index contributed by atoms with van der Waals surface area (Å²) in [6.45, 7) is 8.17. The Morgan fingerprint density at radius 3 is 2.92 bits per heavy atom. The number of hydrogen-bond acceptors (Lipinski definition) is 5. The van der Waals surface area contributed by atoms with E-state index in [1.165, 1.54) is 12.8 Å². The minimum absolute atomic E-state index is 0.149. The van der Waals surface area contributed by atoms with Crippen molar-refractivity contribution in [1.82, 2.24) is 15.6 Å². The van der Waals surface area contributed by atoms with Crippen LogP contribution in [0.25, 0.3) is 0 Å². The van der Waals surface area contributed by atoms with E-state index in [1.807, 2.05) is 12.3 Å². The van der Waals surface area contributed by atoms with Gasteiger partial charge in [0.25, 0.3) is 0 Å². The van der Waals surface area contributed by atoms with Crippen LogP contribution < -0.4 is 15.5 Å². The summed E-state index contributed by atoms with van der Waals surface area (Å²) in [7, 11) is 0. The van der Waals surface area contributed by atoms with Crippen molar-refractivity contribution in [3.8, 4) is 0 Å². The Labute approximate surface area is 150 Å². The van der Waals surface area contributed by atoms with Gasteiger partial charge in [0.15, 0.2) is 0 Å². The number of aromatic nitrogens is 1. The lowest BCUT2D eigenvalue weighted by Gasteiger charge is -2.28. The predicted molar refractivity (Wildman–Crippen MR) is 98.5 cm³/mol. The topological polar surface area (TPSA) is 66.5 Å². The van der Waals surface area contributed by atoms with Gasteiger partial charge in [-0.05, 0) is 55.5 Å². The summed E-state index contributed by atoms with van der Waals surface area (Å²) in [5, 5.41) is 6.46. The summed E-state index contributed by atoms with van der Waals surface area (Å²) in [4.78, 5) is 19.0. The minimum Gasteiger partial charge on any atom is -0.378 e. The zero-order valence-corrected chi connectivity index (χ0v) is 15.2. The molecule has 0 aliphatic carbocycles. The van der Waals surface area contributed by atoms with Gasteiger partial charge < -0.3 is 20.3 Å². The highest BCUT2D eigenvalue weighted by Gasteiger charge is 2.22. The second-order valence-corrected chi connectivity index (χ2v) is 7.17. The molecule has 2 aliphatic heterocycles. The van der Waals surface area contributed by atoms with Gasteiger partial charge in [-0.25, -0.2) is 4.98 Å². The van der Waals surface area contributed by atoms with Gasteiger partial charge in [-0.15, -0.1) is 0 Å². The quantitative estimate of drug-likeness (QED) is 0.818. The van der Waals surface area contributed by atoms with Crippen LogP contribution in [0.3, 0.4) is 0 Å². The van der Waals surface area contributed by atoms with Crippen LogP contribution in [0.2, 0.25) is 0 Å². The van der Waals surface area contributed by atoms with Gasteiger partial charge in [-0.2, -0.15) is 0 Å². The molecule has 6 heteroatoms. The van der Waals surface area contributed by atoms with E-state index in [-0.39, 0.29) is 5.91 Å². The van der Waals surface area contributed by atoms with E-state index in [0.29, 0.717) is 24.8 Å². The first-order valence-corrected chi connectivity index (χ1v) is 9.47. The zero-order chi connectivity index (χ0) is 17.5. The Hall–Kier alpha value is -1.66. The van der Waals surface area contributed by atoms with Crippen LogP contribution in [0.5, 0.6) is 0 Å². The molecule has 2 saturated heterocycles. The molecule has 0 saturated carbocycles. The standard InChI is InChI=1S/C19H30N4O2/c1-15(17-3-5-20-6-4-17)12-19(24)22-14-16-2-7-21-18(13-16)23-8-10-25-11-9-23/h2,7,13,15,17,20H,3-6,8-12,14H2,1H3,(H,22,24). The number of piperidine rings is 1. The first-order chi connectivity index (χ1) is 12.2. The van der Waals surface area contributed by atoms with Crippen LogP contribution in [0.1, 0.15) is 31.7 Å². The predicted octanol–water partition coefficient (Wildman–Crippen LogP) is 1.56. The number of amides is 1. The Morgan fingerprint density at radius 1 is 1.40 bits per heavy atom. The Balaban J connectivity index is 1.46. The number of anilines is 1. The summed E-state index contributed by atoms with van der Waals surface area (Å²) >= 11 is 0. The summed E-state index contributed by atoms with van der Waals surface area (Å²) in [6.07, 6.45) is 4.80. The van der Waals surface area contributed by atoms with Crippen LogP contribution in [0.15, 0.2) is 18.3 Å². The average Bonchev–Trinajstić information content (AvgIpc) is 2.68. The summed E-state index contributed by atoms with van der Waals surface area (Å²) in [5.74, 6) is 2.23. The monoisotopic (exact) mass is 346 g/mol. The van der Waals surface area contributed by atoms with E-state index in [2.05, 4.69) is 33.5 Å². The third-order valence-corrected chi connectivity index (χ3v) is 5.33. The molecule has 1 aromatic heterocycles. The first kappa shape index (κ1) is 18.1. The fraction of sp³-hybridized carbons (Fsp3) is 0.684. The Kier molecular flexibility index (Phi) is 6.64. The van der Waals surface area contributed by atoms with E-state index in [0.717, 1.165) is 50.8 Å². The third-order valence-electron chi connectivity index (χ3n) is 5.33. The van der Waals surface area contributed by atoms with Crippen molar-refractivity contribution in [3.63, 3.8) is 0 Å². The number of morpholine rings is 1. The second-order valence-electron chi connectivity index (χ2n) is 7.17. The van der Waals surface area contributed by atoms with E-state index >= 15 is 0 Å². The maximum absolute atomic E-state index is 12.3. The summed E-state index contributed by atoms with van der Waals surface area (Å²) < 4.78 is 5.39. The lowest BCUT2D eigenvalue weighted by atomic mass is 9.84. The number of carbonyl (C=O) groups excluding carboxylic acids is 1. The van der Waals surface area contributed by atoms with Gasteiger partial charge in [-0.3, -0.25) is 4.79 Å². The molecule has 2 N–H and O–H groups in total. The third kappa shape index (κ3) is 5.41. The largest absolute Gasteiger partial charge is 0.378 e. The maximum atomic E-state index is 12.3. The molecule has 0 bridgehead atoms. The van der Waals surface area contributed by atoms with Crippen LogP contribution in [0, 0.1) is 11.8 Å². The number of rotatable bonds is 6. The maximum Gasteiger partial charge on any atom is 0.220 e. The van der Waals surface area contributed by atoms with Gasteiger partial charge in [0.1, 0.15) is 5.82 Å². The molecule has 0 spiro atoms. The molecular formula is C19H30N4O2. The number of nitrogens with zero attached hydrogens (tertiary/aromatic N) is 2. The minimum atomic E-state index is 0.149. The van der Waals surface area contributed by atoms with Crippen molar-refractivity contribution in [2.75, 3.05) is 44.3 Å². The molecule has 0 aromatic carbocycles. The highest BCUT2D eigenvalue weighted by molar-refractivity contribution is 5.76. The zero-order valence-electron chi connectivity index (χ0n) is 15.2. The molecule has 138 valence electrons. The first-order valence-electron chi connectivity index (χ1n) is 9.47. The van der Waals surface area contributed by atoms with Crippen LogP contribution in [0.4, 0.5) is 5.82 Å². The molecule has 3 heterocycles. The van der Waals surface area contributed by atoms with Crippen molar-refractivity contribution in [1.29, 1.82) is 0 Å². The number of ether oxygens (including phenoxy) is 1. The van der Waals surface area contributed by atoms with Crippen molar-refractivity contribution in [2.45, 2.75) is 32.7 Å². The number of carbonyl (C=O) groups is 1. The molecule has 1 amide bonds. The van der Waals surface area contributed by atoms with E-state index in [1.54, 1.807) is 0 Å². The van der Waals surface area contributed by atoms with E-state index in [9.17, 15) is 4.79 Å². The molecule has 3 rings (SSSR count). The van der Waals surface area contributed by atoms with Gasteiger partial charge in [0, 0.05) is 32.3 Å². The lowest BCUT2D eigenvalue weighted by molar-refractivity contribution is -0.122. The molecule has 25 heavy (non-hydrogen) atoms. The van der Waals surface area contributed by atoms with Gasteiger partial charge in [-0.1, -0.05) is 6.92 Å². The normalized spacial score (nSPS) is 20.3. The fourth-order valence-corrected chi connectivity index (χ4v) is 3.68. The van der Waals surface area contributed by atoms with Crippen LogP contribution >= 0.6 is 0 Å². The van der Waals surface area contributed by atoms with Gasteiger partial charge in [0.05, 0.1) is 13.2 Å². The molecule has 1 atom stereocenters. The molecule has 2 aliphatic rings. The SMILES string of the molecule is CC(CC(=O)NCc1ccnc(N2CCOCC2)c1)C1CCNCC1. The number of hydrogen-bond donors (Lipinski definition) is 2. The van der Waals surface area contributed by atoms with Crippen molar-refractivity contribution in [3.05, 3.63) is 23.9 Å². The highest BCUT2D eigenvalue weighted by Crippen LogP contribution is 2.24. The van der Waals surface area contributed by atoms with E-state index < -0.39 is 0 Å². The summed E-state index contributed by atoms with van der Waals surface area (Å²) in [6, 6.07) is 4.04. The van der Waals surface area contributed by atoms with Crippen molar-refractivity contribution >= 4 is 11.7 Å². The second kappa shape index (κ2) is 9.15. The number of pyridine rings is 1. The molecule has 2 fully saturated rings. The molecule has 0 radical (unpaired) electrons. The smallest absolute Gasteiger partial charge is 0.220 e. The van der Waals surface area contributed by atoms with Crippen LogP contribution in [-0.2, 0) is 16.1 Å². The highest BCUT2D eigenvalue weighted by atomic mass is 16.5. The van der Waals surface area contributed by atoms with E-state index in [4.69, 9.17) is 4.74 Å². The molecule has 1 unspecified atom stereocenters. The van der Waals surface area contributed by atoms with Gasteiger partial charge >= 0.3 is 0 Å². The average molecular weight is 346 g/mol. The van der Waals surface area contributed by atoms with Gasteiger partial charge in [0.2, 0.25) is 5.91 Å². The van der Waals surface area contributed by atoms with Crippen LogP contribution in [-0.4, -0.2) is 50.3 Å². The number of nitrogens with one attached hydrogen (secondary N) is 2. The fourth-order valence-electron chi connectivity index (χ4n) is 3.68. The summed E-state index contributed by atoms with van der Waals surface area (Å²) in [5.41, 5.74) is 1.10. The molecule has 1 aromatic rings. The Bertz CT molecular complexity index is 554. The lowest BCUT2D eigenvalue weighted by Crippen LogP contribution is -2.36.